The number of methoxy groups -OCH3 is 1. The van der Waals surface area contributed by atoms with Crippen LogP contribution in [0.25, 0.3) is 0 Å². The van der Waals surface area contributed by atoms with Crippen molar-refractivity contribution in [3.63, 3.8) is 0 Å². The first-order valence-corrected chi connectivity index (χ1v) is 11.1. The molecular weight excluding hydrogens is 453 g/mol. The number of ketones is 1. The summed E-state index contributed by atoms with van der Waals surface area (Å²) >= 11 is 0. The predicted molar refractivity (Wildman–Crippen MR) is 115 cm³/mol. The van der Waals surface area contributed by atoms with Gasteiger partial charge in [0.15, 0.2) is 5.78 Å². The fourth-order valence-corrected chi connectivity index (χ4v) is 5.08. The van der Waals surface area contributed by atoms with Crippen molar-refractivity contribution in [3.8, 4) is 5.75 Å². The van der Waals surface area contributed by atoms with Gasteiger partial charge in [-0.25, -0.2) is 0 Å². The lowest BCUT2D eigenvalue weighted by Gasteiger charge is -2.35. The van der Waals surface area contributed by atoms with Crippen LogP contribution in [0.1, 0.15) is 49.9 Å². The Labute approximate surface area is 195 Å². The van der Waals surface area contributed by atoms with Crippen LogP contribution in [-0.4, -0.2) is 60.6 Å². The largest absolute Gasteiger partial charge is 0.496 e. The molecule has 1 aromatic carbocycles. The highest BCUT2D eigenvalue weighted by atomic mass is 19.4. The standard InChI is InChI=1S/C24H27F3N2O5/c1-22(2)11-16-19(17(30)12-22)23(24(25,26)27,21(32)29(16)13-14-7-6-10-34-14)28-20(31)15-8-4-5-9-18(15)33-3/h4-5,8-9,14H,6-7,10-13H2,1-3H3,(H,28,31)/t14-,23-/m0/s1. The van der Waals surface area contributed by atoms with Gasteiger partial charge in [0.1, 0.15) is 5.75 Å². The summed E-state index contributed by atoms with van der Waals surface area (Å²) in [6, 6.07) is 5.75. The molecule has 0 saturated carbocycles. The third kappa shape index (κ3) is 3.87. The molecular formula is C24H27F3N2O5. The number of nitrogens with one attached hydrogen (secondary N) is 1. The van der Waals surface area contributed by atoms with Gasteiger partial charge in [0, 0.05) is 18.7 Å². The molecule has 34 heavy (non-hydrogen) atoms. The molecule has 2 heterocycles. The van der Waals surface area contributed by atoms with Crippen molar-refractivity contribution in [3.05, 3.63) is 41.1 Å². The fraction of sp³-hybridized carbons (Fsp3) is 0.542. The maximum atomic E-state index is 14.8. The van der Waals surface area contributed by atoms with Crippen molar-refractivity contribution in [2.75, 3.05) is 20.3 Å². The van der Waals surface area contributed by atoms with Crippen LogP contribution in [0.15, 0.2) is 35.5 Å². The van der Waals surface area contributed by atoms with Gasteiger partial charge in [-0.1, -0.05) is 26.0 Å². The maximum absolute atomic E-state index is 14.8. The third-order valence-corrected chi connectivity index (χ3v) is 6.61. The number of para-hydroxylation sites is 1. The van der Waals surface area contributed by atoms with Crippen molar-refractivity contribution in [1.29, 1.82) is 0 Å². The minimum atomic E-state index is -5.26. The molecule has 0 radical (unpaired) electrons. The number of amides is 2. The Hall–Kier alpha value is -2.88. The second-order valence-electron chi connectivity index (χ2n) is 9.72. The molecule has 2 atom stereocenters. The van der Waals surface area contributed by atoms with Gasteiger partial charge in [0.25, 0.3) is 11.8 Å². The molecule has 0 spiro atoms. The Morgan fingerprint density at radius 2 is 1.94 bits per heavy atom. The van der Waals surface area contributed by atoms with E-state index in [0.717, 1.165) is 11.3 Å². The molecule has 2 amide bonds. The van der Waals surface area contributed by atoms with E-state index in [1.54, 1.807) is 19.9 Å². The van der Waals surface area contributed by atoms with Crippen molar-refractivity contribution >= 4 is 17.6 Å². The molecule has 2 aliphatic heterocycles. The molecule has 3 aliphatic rings. The zero-order chi connectivity index (χ0) is 24.9. The average Bonchev–Trinajstić information content (AvgIpc) is 3.34. The van der Waals surface area contributed by atoms with Crippen molar-refractivity contribution in [2.45, 2.75) is 57.3 Å². The van der Waals surface area contributed by atoms with Crippen molar-refractivity contribution < 1.29 is 37.0 Å². The van der Waals surface area contributed by atoms with E-state index in [-0.39, 0.29) is 36.4 Å². The number of rotatable bonds is 5. The van der Waals surface area contributed by atoms with Crippen LogP contribution in [0, 0.1) is 5.41 Å². The highest BCUT2D eigenvalue weighted by Gasteiger charge is 2.71. The first-order chi connectivity index (χ1) is 15.9. The second-order valence-corrected chi connectivity index (χ2v) is 9.72. The highest BCUT2D eigenvalue weighted by molar-refractivity contribution is 6.14. The van der Waals surface area contributed by atoms with Gasteiger partial charge in [0.2, 0.25) is 5.54 Å². The van der Waals surface area contributed by atoms with Crippen LogP contribution >= 0.6 is 0 Å². The number of hydrogen-bond donors (Lipinski definition) is 1. The predicted octanol–water partition coefficient (Wildman–Crippen LogP) is 3.39. The zero-order valence-electron chi connectivity index (χ0n) is 19.3. The van der Waals surface area contributed by atoms with Crippen LogP contribution in [0.3, 0.4) is 0 Å². The van der Waals surface area contributed by atoms with Crippen LogP contribution in [-0.2, 0) is 14.3 Å². The van der Waals surface area contributed by atoms with E-state index in [4.69, 9.17) is 9.47 Å². The molecule has 10 heteroatoms. The fourth-order valence-electron chi connectivity index (χ4n) is 5.08. The quantitative estimate of drug-likeness (QED) is 0.699. The number of hydrogen-bond acceptors (Lipinski definition) is 5. The summed E-state index contributed by atoms with van der Waals surface area (Å²) in [6.45, 7) is 3.89. The van der Waals surface area contributed by atoms with E-state index in [1.807, 2.05) is 5.32 Å². The molecule has 1 aliphatic carbocycles. The van der Waals surface area contributed by atoms with E-state index >= 15 is 0 Å². The third-order valence-electron chi connectivity index (χ3n) is 6.61. The van der Waals surface area contributed by atoms with E-state index in [0.29, 0.717) is 13.0 Å². The first kappa shape index (κ1) is 24.3. The van der Waals surface area contributed by atoms with Gasteiger partial charge in [-0.3, -0.25) is 14.4 Å². The Morgan fingerprint density at radius 1 is 1.24 bits per heavy atom. The lowest BCUT2D eigenvalue weighted by molar-refractivity contribution is -0.191. The SMILES string of the molecule is COc1ccccc1C(=O)N[C@]1(C(F)(F)F)C(=O)N(C[C@@H]2CCCO2)C2=C1C(=O)CC(C)(C)C2. The molecule has 0 bridgehead atoms. The number of carbonyl (C=O) groups excluding carboxylic acids is 3. The van der Waals surface area contributed by atoms with Gasteiger partial charge < -0.3 is 19.7 Å². The second kappa shape index (κ2) is 8.41. The number of nitrogens with zero attached hydrogens (tertiary/aromatic N) is 1. The summed E-state index contributed by atoms with van der Waals surface area (Å²) in [5.74, 6) is -3.29. The Kier molecular flexibility index (Phi) is 6.00. The Balaban J connectivity index is 1.85. The van der Waals surface area contributed by atoms with Crippen molar-refractivity contribution in [2.24, 2.45) is 5.41 Å². The lowest BCUT2D eigenvalue weighted by Crippen LogP contribution is -2.66. The van der Waals surface area contributed by atoms with Gasteiger partial charge >= 0.3 is 6.18 Å². The summed E-state index contributed by atoms with van der Waals surface area (Å²) in [6.07, 6.45) is -4.45. The van der Waals surface area contributed by atoms with Gasteiger partial charge in [-0.2, -0.15) is 13.2 Å². The molecule has 1 aromatic rings. The van der Waals surface area contributed by atoms with Gasteiger partial charge in [-0.15, -0.1) is 0 Å². The van der Waals surface area contributed by atoms with Gasteiger partial charge in [0.05, 0.1) is 30.9 Å². The van der Waals surface area contributed by atoms with Gasteiger partial charge in [-0.05, 0) is 36.8 Å². The lowest BCUT2D eigenvalue weighted by atomic mass is 9.72. The molecule has 1 N–H and O–H groups in total. The summed E-state index contributed by atoms with van der Waals surface area (Å²) < 4.78 is 55.2. The minimum absolute atomic E-state index is 0.0133. The summed E-state index contributed by atoms with van der Waals surface area (Å²) in [4.78, 5) is 40.9. The molecule has 7 nitrogen and oxygen atoms in total. The number of allylic oxidation sites excluding steroid dienone is 1. The number of halogens is 3. The number of carbonyl (C=O) groups is 3. The number of benzene rings is 1. The summed E-state index contributed by atoms with van der Waals surface area (Å²) in [5, 5.41) is 1.93. The molecule has 4 rings (SSSR count). The average molecular weight is 480 g/mol. The smallest absolute Gasteiger partial charge is 0.425 e. The molecule has 184 valence electrons. The Bertz CT molecular complexity index is 1060. The molecule has 0 unspecified atom stereocenters. The van der Waals surface area contributed by atoms with E-state index < -0.39 is 46.4 Å². The van der Waals surface area contributed by atoms with Crippen LogP contribution in [0.5, 0.6) is 5.75 Å². The molecule has 0 aromatic heterocycles. The molecule has 1 fully saturated rings. The van der Waals surface area contributed by atoms with E-state index in [1.165, 1.54) is 25.3 Å². The first-order valence-electron chi connectivity index (χ1n) is 11.1. The van der Waals surface area contributed by atoms with E-state index in [2.05, 4.69) is 0 Å². The summed E-state index contributed by atoms with van der Waals surface area (Å²) in [7, 11) is 1.28. The monoisotopic (exact) mass is 480 g/mol. The van der Waals surface area contributed by atoms with Crippen LogP contribution < -0.4 is 10.1 Å². The maximum Gasteiger partial charge on any atom is 0.425 e. The van der Waals surface area contributed by atoms with E-state index in [9.17, 15) is 27.6 Å². The van der Waals surface area contributed by atoms with Crippen LogP contribution in [0.2, 0.25) is 0 Å². The minimum Gasteiger partial charge on any atom is -0.496 e. The topological polar surface area (TPSA) is 84.9 Å². The van der Waals surface area contributed by atoms with Crippen LogP contribution in [0.4, 0.5) is 13.2 Å². The highest BCUT2D eigenvalue weighted by Crippen LogP contribution is 2.52. The zero-order valence-corrected chi connectivity index (χ0v) is 19.3. The number of Topliss-reactive ketones (excluding diaryl/α,β-unsaturated/α-hetero) is 1. The number of alkyl halides is 3. The summed E-state index contributed by atoms with van der Waals surface area (Å²) in [5.41, 5.74) is -4.97. The normalized spacial score (nSPS) is 26.6. The Morgan fingerprint density at radius 3 is 2.56 bits per heavy atom. The van der Waals surface area contributed by atoms with Crippen molar-refractivity contribution in [1.82, 2.24) is 10.2 Å². The molecule has 1 saturated heterocycles. The number of ether oxygens (including phenoxy) is 2.